The molecule has 0 saturated heterocycles. The number of allylic oxidation sites excluding steroid dienone is 1. The minimum absolute atomic E-state index is 0.341. The highest BCUT2D eigenvalue weighted by Crippen LogP contribution is 2.58. The van der Waals surface area contributed by atoms with E-state index in [4.69, 9.17) is 14.0 Å². The maximum atomic E-state index is 10.9. The van der Waals surface area contributed by atoms with Crippen molar-refractivity contribution >= 4 is 14.4 Å². The first-order chi connectivity index (χ1) is 14.8. The van der Waals surface area contributed by atoms with Crippen molar-refractivity contribution in [3.8, 4) is 11.5 Å². The molecule has 4 saturated carbocycles. The molecule has 5 heteroatoms. The van der Waals surface area contributed by atoms with E-state index in [0.29, 0.717) is 30.8 Å². The van der Waals surface area contributed by atoms with Gasteiger partial charge in [0.15, 0.2) is 0 Å². The van der Waals surface area contributed by atoms with Crippen LogP contribution in [-0.4, -0.2) is 13.2 Å². The molecular formula is C25H27O4P. The van der Waals surface area contributed by atoms with E-state index >= 15 is 0 Å². The molecule has 6 rings (SSSR count). The fourth-order valence-electron chi connectivity index (χ4n) is 5.95. The number of benzene rings is 2. The normalized spacial score (nSPS) is 26.6. The molecule has 4 bridgehead atoms. The molecule has 4 aliphatic rings. The topological polar surface area (TPSA) is 44.8 Å². The van der Waals surface area contributed by atoms with Crippen molar-refractivity contribution in [3.63, 3.8) is 0 Å². The highest BCUT2D eigenvalue weighted by Gasteiger charge is 2.46. The molecule has 0 heterocycles. The first kappa shape index (κ1) is 19.6. The zero-order chi connectivity index (χ0) is 20.3. The lowest BCUT2D eigenvalue weighted by Gasteiger charge is -2.51. The smallest absolute Gasteiger partial charge is 0.395 e. The second-order valence-electron chi connectivity index (χ2n) is 8.79. The summed E-state index contributed by atoms with van der Waals surface area (Å²) >= 11 is 0. The van der Waals surface area contributed by atoms with Crippen molar-refractivity contribution in [2.24, 2.45) is 23.7 Å². The number of ether oxygens (including phenoxy) is 2. The van der Waals surface area contributed by atoms with E-state index in [0.717, 1.165) is 28.9 Å². The number of para-hydroxylation sites is 1. The molecule has 0 amide bonds. The summed E-state index contributed by atoms with van der Waals surface area (Å²) in [6.07, 6.45) is 6.61. The standard InChI is InChI=1S/C25H27O4P/c26-30-29-23-8-4-5-19(16-23)25(28-10-9-27-22-6-2-1-3-7-22)24-20-12-17-11-18(14-20)15-21(24)13-17/h1-8,16-18,20-21H,9-15H2. The number of hydrogen-bond donors (Lipinski definition) is 0. The van der Waals surface area contributed by atoms with Crippen LogP contribution in [0.4, 0.5) is 0 Å². The Morgan fingerprint density at radius 1 is 0.833 bits per heavy atom. The second kappa shape index (κ2) is 8.81. The molecular weight excluding hydrogens is 395 g/mol. The third kappa shape index (κ3) is 4.11. The Morgan fingerprint density at radius 3 is 2.23 bits per heavy atom. The zero-order valence-electron chi connectivity index (χ0n) is 17.0. The Morgan fingerprint density at radius 2 is 1.53 bits per heavy atom. The van der Waals surface area contributed by atoms with Crippen molar-refractivity contribution in [2.75, 3.05) is 13.2 Å². The fraction of sp³-hybridized carbons (Fsp3) is 0.440. The van der Waals surface area contributed by atoms with Crippen molar-refractivity contribution < 1.29 is 18.6 Å². The largest absolute Gasteiger partial charge is 0.490 e. The van der Waals surface area contributed by atoms with Crippen LogP contribution in [-0.2, 0) is 9.30 Å². The second-order valence-corrected chi connectivity index (χ2v) is 9.12. The van der Waals surface area contributed by atoms with Gasteiger partial charge in [0.1, 0.15) is 30.5 Å². The summed E-state index contributed by atoms with van der Waals surface area (Å²) in [5.41, 5.74) is 2.51. The average molecular weight is 422 g/mol. The van der Waals surface area contributed by atoms with E-state index in [1.165, 1.54) is 37.7 Å². The summed E-state index contributed by atoms with van der Waals surface area (Å²) in [5.74, 6) is 5.50. The Hall–Kier alpha value is -2.32. The molecule has 0 aromatic heterocycles. The monoisotopic (exact) mass is 422 g/mol. The summed E-state index contributed by atoms with van der Waals surface area (Å²) < 4.78 is 28.4. The highest BCUT2D eigenvalue weighted by molar-refractivity contribution is 7.17. The SMILES string of the molecule is O=POc1cccc(C(OCCOc2ccccc2)=C2C3CC4CC(C3)CC2C4)c1. The van der Waals surface area contributed by atoms with Crippen LogP contribution < -0.4 is 9.26 Å². The van der Waals surface area contributed by atoms with Gasteiger partial charge in [0.05, 0.1) is 0 Å². The van der Waals surface area contributed by atoms with Gasteiger partial charge in [0, 0.05) is 5.56 Å². The van der Waals surface area contributed by atoms with Gasteiger partial charge in [-0.25, -0.2) is 4.57 Å². The summed E-state index contributed by atoms with van der Waals surface area (Å²) in [5, 5.41) is 0. The third-order valence-electron chi connectivity index (χ3n) is 6.86. The van der Waals surface area contributed by atoms with Gasteiger partial charge in [-0.2, -0.15) is 0 Å². The Labute approximate surface area is 179 Å². The molecule has 156 valence electrons. The van der Waals surface area contributed by atoms with E-state index in [-0.39, 0.29) is 8.69 Å². The van der Waals surface area contributed by atoms with E-state index in [9.17, 15) is 4.57 Å². The van der Waals surface area contributed by atoms with Crippen molar-refractivity contribution in [2.45, 2.75) is 32.1 Å². The quantitative estimate of drug-likeness (QED) is 0.275. The van der Waals surface area contributed by atoms with Crippen LogP contribution in [0.3, 0.4) is 0 Å². The van der Waals surface area contributed by atoms with Crippen LogP contribution in [0.25, 0.3) is 5.76 Å². The first-order valence-corrected chi connectivity index (χ1v) is 11.7. The van der Waals surface area contributed by atoms with Gasteiger partial charge in [0.2, 0.25) is 0 Å². The van der Waals surface area contributed by atoms with Crippen LogP contribution in [0, 0.1) is 23.7 Å². The fourth-order valence-corrected chi connectivity index (χ4v) is 6.15. The van der Waals surface area contributed by atoms with Crippen LogP contribution in [0.2, 0.25) is 0 Å². The molecule has 0 N–H and O–H groups in total. The minimum Gasteiger partial charge on any atom is -0.490 e. The molecule has 0 aliphatic heterocycles. The van der Waals surface area contributed by atoms with Gasteiger partial charge in [-0.05, 0) is 85.6 Å². The maximum Gasteiger partial charge on any atom is 0.395 e. The molecule has 4 nitrogen and oxygen atoms in total. The van der Waals surface area contributed by atoms with Gasteiger partial charge in [-0.3, -0.25) is 0 Å². The number of hydrogen-bond acceptors (Lipinski definition) is 4. The van der Waals surface area contributed by atoms with Gasteiger partial charge in [0.25, 0.3) is 0 Å². The molecule has 2 aromatic rings. The zero-order valence-corrected chi connectivity index (χ0v) is 17.9. The van der Waals surface area contributed by atoms with Crippen molar-refractivity contribution in [3.05, 3.63) is 65.7 Å². The molecule has 0 spiro atoms. The molecule has 30 heavy (non-hydrogen) atoms. The Balaban J connectivity index is 1.39. The molecule has 4 aliphatic carbocycles. The molecule has 0 unspecified atom stereocenters. The summed E-state index contributed by atoms with van der Waals surface area (Å²) in [6.45, 7) is 0.988. The van der Waals surface area contributed by atoms with Crippen LogP contribution in [0.5, 0.6) is 11.5 Å². The van der Waals surface area contributed by atoms with E-state index < -0.39 is 0 Å². The lowest BCUT2D eigenvalue weighted by Crippen LogP contribution is -2.41. The summed E-state index contributed by atoms with van der Waals surface area (Å²) in [7, 11) is -0.341. The van der Waals surface area contributed by atoms with E-state index in [1.54, 1.807) is 0 Å². The lowest BCUT2D eigenvalue weighted by atomic mass is 9.54. The van der Waals surface area contributed by atoms with Gasteiger partial charge >= 0.3 is 8.69 Å². The lowest BCUT2D eigenvalue weighted by molar-refractivity contribution is 0.0658. The highest BCUT2D eigenvalue weighted by atomic mass is 31.1. The van der Waals surface area contributed by atoms with Crippen LogP contribution in [0.15, 0.2) is 60.2 Å². The first-order valence-electron chi connectivity index (χ1n) is 10.9. The van der Waals surface area contributed by atoms with Crippen molar-refractivity contribution in [1.82, 2.24) is 0 Å². The van der Waals surface area contributed by atoms with Crippen molar-refractivity contribution in [1.29, 1.82) is 0 Å². The number of rotatable bonds is 8. The average Bonchev–Trinajstić information content (AvgIpc) is 2.75. The van der Waals surface area contributed by atoms with E-state index in [2.05, 4.69) is 6.07 Å². The minimum atomic E-state index is -0.341. The Bertz CT molecular complexity index is 894. The summed E-state index contributed by atoms with van der Waals surface area (Å²) in [6, 6.07) is 17.6. The van der Waals surface area contributed by atoms with Crippen LogP contribution >= 0.6 is 8.69 Å². The van der Waals surface area contributed by atoms with Gasteiger partial charge < -0.3 is 14.0 Å². The molecule has 0 radical (unpaired) electrons. The predicted octanol–water partition coefficient (Wildman–Crippen LogP) is 6.53. The maximum absolute atomic E-state index is 10.9. The molecule has 2 aromatic carbocycles. The predicted molar refractivity (Wildman–Crippen MR) is 117 cm³/mol. The Kier molecular flexibility index (Phi) is 5.77. The summed E-state index contributed by atoms with van der Waals surface area (Å²) in [4.78, 5) is 0. The van der Waals surface area contributed by atoms with E-state index in [1.807, 2.05) is 48.5 Å². The van der Waals surface area contributed by atoms with Gasteiger partial charge in [-0.1, -0.05) is 30.3 Å². The third-order valence-corrected chi connectivity index (χ3v) is 7.15. The molecule has 0 atom stereocenters. The van der Waals surface area contributed by atoms with Gasteiger partial charge in [-0.15, -0.1) is 0 Å². The van der Waals surface area contributed by atoms with Crippen LogP contribution in [0.1, 0.15) is 37.7 Å². The molecule has 4 fully saturated rings.